The number of thiazole rings is 1. The standard InChI is InChI=1S/C20H26N4O4S/c1-13(25)21-14-4-5-15-16(10-14)29-19(22-15)23-18(26)12-24-8-7-20(6-3-9-28-20)17(11-24)27-2/h4-5,10,17H,3,6-9,11-12H2,1-2H3,(H,21,25)(H,22,23,26). The van der Waals surface area contributed by atoms with Crippen LogP contribution in [-0.2, 0) is 19.1 Å². The summed E-state index contributed by atoms with van der Waals surface area (Å²) in [6.07, 6.45) is 2.96. The van der Waals surface area contributed by atoms with E-state index < -0.39 is 0 Å². The lowest BCUT2D eigenvalue weighted by Gasteiger charge is -2.44. The van der Waals surface area contributed by atoms with E-state index in [4.69, 9.17) is 9.47 Å². The molecule has 29 heavy (non-hydrogen) atoms. The van der Waals surface area contributed by atoms with Gasteiger partial charge < -0.3 is 20.1 Å². The smallest absolute Gasteiger partial charge is 0.240 e. The van der Waals surface area contributed by atoms with E-state index in [2.05, 4.69) is 20.5 Å². The average Bonchev–Trinajstić information content (AvgIpc) is 3.29. The molecule has 2 atom stereocenters. The first-order valence-corrected chi connectivity index (χ1v) is 10.7. The molecule has 2 aromatic rings. The van der Waals surface area contributed by atoms with Crippen molar-refractivity contribution in [3.8, 4) is 0 Å². The Kier molecular flexibility index (Phi) is 5.82. The molecule has 1 aromatic carbocycles. The quantitative estimate of drug-likeness (QED) is 0.775. The maximum Gasteiger partial charge on any atom is 0.240 e. The topological polar surface area (TPSA) is 92.8 Å². The van der Waals surface area contributed by atoms with Crippen LogP contribution in [0.25, 0.3) is 10.2 Å². The lowest BCUT2D eigenvalue weighted by atomic mass is 9.86. The van der Waals surface area contributed by atoms with Crippen LogP contribution in [0.3, 0.4) is 0 Å². The summed E-state index contributed by atoms with van der Waals surface area (Å²) in [6, 6.07) is 5.50. The molecule has 9 heteroatoms. The number of hydrogen-bond acceptors (Lipinski definition) is 7. The highest BCUT2D eigenvalue weighted by Crippen LogP contribution is 2.37. The Bertz CT molecular complexity index is 909. The van der Waals surface area contributed by atoms with Crippen LogP contribution >= 0.6 is 11.3 Å². The third-order valence-corrected chi connectivity index (χ3v) is 6.54. The number of carbonyl (C=O) groups is 2. The van der Waals surface area contributed by atoms with Gasteiger partial charge in [0.15, 0.2) is 5.13 Å². The fourth-order valence-corrected chi connectivity index (χ4v) is 5.15. The number of nitrogens with one attached hydrogen (secondary N) is 2. The van der Waals surface area contributed by atoms with Crippen molar-refractivity contribution in [2.75, 3.05) is 44.0 Å². The largest absolute Gasteiger partial charge is 0.377 e. The molecular weight excluding hydrogens is 392 g/mol. The summed E-state index contributed by atoms with van der Waals surface area (Å²) in [5.41, 5.74) is 1.33. The molecule has 156 valence electrons. The molecule has 2 unspecified atom stereocenters. The lowest BCUT2D eigenvalue weighted by molar-refractivity contribution is -0.145. The average molecular weight is 419 g/mol. The number of hydrogen-bond donors (Lipinski definition) is 2. The van der Waals surface area contributed by atoms with Crippen LogP contribution in [0, 0.1) is 0 Å². The molecule has 0 radical (unpaired) electrons. The third-order valence-electron chi connectivity index (χ3n) is 5.60. The summed E-state index contributed by atoms with van der Waals surface area (Å²) in [5.74, 6) is -0.215. The number of aromatic nitrogens is 1. The highest BCUT2D eigenvalue weighted by molar-refractivity contribution is 7.22. The number of amides is 2. The second-order valence-corrected chi connectivity index (χ2v) is 8.69. The van der Waals surface area contributed by atoms with Gasteiger partial charge in [-0.25, -0.2) is 4.98 Å². The number of fused-ring (bicyclic) bond motifs is 1. The van der Waals surface area contributed by atoms with Crippen LogP contribution in [0.5, 0.6) is 0 Å². The summed E-state index contributed by atoms with van der Waals surface area (Å²) < 4.78 is 12.6. The number of carbonyl (C=O) groups excluding carboxylic acids is 2. The van der Waals surface area contributed by atoms with Crippen molar-refractivity contribution in [2.45, 2.75) is 37.9 Å². The third kappa shape index (κ3) is 4.42. The minimum atomic E-state index is -0.180. The van der Waals surface area contributed by atoms with Crippen LogP contribution in [0.4, 0.5) is 10.8 Å². The minimum absolute atomic E-state index is 0.0128. The maximum absolute atomic E-state index is 12.6. The molecule has 2 aliphatic heterocycles. The van der Waals surface area contributed by atoms with Crippen molar-refractivity contribution in [1.29, 1.82) is 0 Å². The van der Waals surface area contributed by atoms with Gasteiger partial charge in [-0.2, -0.15) is 0 Å². The van der Waals surface area contributed by atoms with Crippen molar-refractivity contribution < 1.29 is 19.1 Å². The first-order valence-electron chi connectivity index (χ1n) is 9.84. The molecule has 1 aromatic heterocycles. The van der Waals surface area contributed by atoms with E-state index in [-0.39, 0.29) is 23.5 Å². The van der Waals surface area contributed by atoms with Gasteiger partial charge in [0.1, 0.15) is 0 Å². The fraction of sp³-hybridized carbons (Fsp3) is 0.550. The number of methoxy groups -OCH3 is 1. The van der Waals surface area contributed by atoms with E-state index in [9.17, 15) is 9.59 Å². The van der Waals surface area contributed by atoms with Crippen molar-refractivity contribution in [3.63, 3.8) is 0 Å². The molecule has 2 fully saturated rings. The molecule has 0 aliphatic carbocycles. The Hall–Kier alpha value is -2.07. The molecule has 4 rings (SSSR count). The number of nitrogens with zero attached hydrogens (tertiary/aromatic N) is 2. The second kappa shape index (κ2) is 8.35. The van der Waals surface area contributed by atoms with Gasteiger partial charge in [0.2, 0.25) is 11.8 Å². The van der Waals surface area contributed by atoms with Gasteiger partial charge in [0.05, 0.1) is 28.5 Å². The van der Waals surface area contributed by atoms with E-state index in [1.807, 2.05) is 12.1 Å². The highest BCUT2D eigenvalue weighted by atomic mass is 32.1. The monoisotopic (exact) mass is 418 g/mol. The summed E-state index contributed by atoms with van der Waals surface area (Å²) >= 11 is 1.39. The van der Waals surface area contributed by atoms with Gasteiger partial charge in [0, 0.05) is 39.4 Å². The van der Waals surface area contributed by atoms with Crippen molar-refractivity contribution in [2.24, 2.45) is 0 Å². The van der Waals surface area contributed by atoms with E-state index in [0.717, 1.165) is 42.6 Å². The zero-order valence-electron chi connectivity index (χ0n) is 16.7. The SMILES string of the molecule is COC1CN(CC(=O)Nc2nc3ccc(NC(C)=O)cc3s2)CCC12CCCO2. The molecule has 2 aliphatic rings. The number of anilines is 2. The van der Waals surface area contributed by atoms with Gasteiger partial charge in [-0.05, 0) is 37.5 Å². The Morgan fingerprint density at radius 1 is 1.38 bits per heavy atom. The normalized spacial score (nSPS) is 24.8. The fourth-order valence-electron chi connectivity index (χ4n) is 4.22. The molecule has 8 nitrogen and oxygen atoms in total. The van der Waals surface area contributed by atoms with Crippen LogP contribution in [0.1, 0.15) is 26.2 Å². The molecule has 2 N–H and O–H groups in total. The predicted molar refractivity (Wildman–Crippen MR) is 112 cm³/mol. The zero-order chi connectivity index (χ0) is 20.4. The van der Waals surface area contributed by atoms with E-state index in [0.29, 0.717) is 23.9 Å². The first kappa shape index (κ1) is 20.2. The summed E-state index contributed by atoms with van der Waals surface area (Å²) in [6.45, 7) is 4.06. The Morgan fingerprint density at radius 2 is 2.24 bits per heavy atom. The Morgan fingerprint density at radius 3 is 2.97 bits per heavy atom. The van der Waals surface area contributed by atoms with Gasteiger partial charge in [-0.1, -0.05) is 11.3 Å². The maximum atomic E-state index is 12.6. The van der Waals surface area contributed by atoms with Gasteiger partial charge in [0.25, 0.3) is 0 Å². The van der Waals surface area contributed by atoms with Gasteiger partial charge >= 0.3 is 0 Å². The minimum Gasteiger partial charge on any atom is -0.377 e. The molecule has 2 saturated heterocycles. The van der Waals surface area contributed by atoms with Crippen LogP contribution < -0.4 is 10.6 Å². The lowest BCUT2D eigenvalue weighted by Crippen LogP contribution is -2.57. The number of piperidine rings is 1. The Balaban J connectivity index is 1.36. The first-order chi connectivity index (χ1) is 14.0. The molecular formula is C20H26N4O4S. The molecule has 0 bridgehead atoms. The molecule has 1 spiro atoms. The zero-order valence-corrected chi connectivity index (χ0v) is 17.5. The molecule has 3 heterocycles. The van der Waals surface area contributed by atoms with Gasteiger partial charge in [-0.3, -0.25) is 14.5 Å². The Labute approximate surface area is 173 Å². The summed E-state index contributed by atoms with van der Waals surface area (Å²) in [5, 5.41) is 6.21. The number of likely N-dealkylation sites (tertiary alicyclic amines) is 1. The molecule has 0 saturated carbocycles. The van der Waals surface area contributed by atoms with E-state index >= 15 is 0 Å². The second-order valence-electron chi connectivity index (χ2n) is 7.66. The van der Waals surface area contributed by atoms with Crippen LogP contribution in [0.15, 0.2) is 18.2 Å². The van der Waals surface area contributed by atoms with Crippen molar-refractivity contribution in [1.82, 2.24) is 9.88 Å². The predicted octanol–water partition coefficient (Wildman–Crippen LogP) is 2.46. The highest BCUT2D eigenvalue weighted by Gasteiger charge is 2.46. The molecule has 2 amide bonds. The summed E-state index contributed by atoms with van der Waals surface area (Å²) in [4.78, 5) is 30.4. The van der Waals surface area contributed by atoms with Crippen LogP contribution in [0.2, 0.25) is 0 Å². The van der Waals surface area contributed by atoms with E-state index in [1.165, 1.54) is 18.3 Å². The van der Waals surface area contributed by atoms with Crippen molar-refractivity contribution >= 4 is 44.2 Å². The summed E-state index contributed by atoms with van der Waals surface area (Å²) in [7, 11) is 1.72. The number of benzene rings is 1. The number of rotatable bonds is 5. The van der Waals surface area contributed by atoms with E-state index in [1.54, 1.807) is 13.2 Å². The van der Waals surface area contributed by atoms with Gasteiger partial charge in [-0.15, -0.1) is 0 Å². The van der Waals surface area contributed by atoms with Crippen molar-refractivity contribution in [3.05, 3.63) is 18.2 Å². The number of ether oxygens (including phenoxy) is 2. The van der Waals surface area contributed by atoms with Crippen LogP contribution in [-0.4, -0.2) is 66.8 Å².